The number of carbonyl (C=O) groups excluding carboxylic acids is 3. The fraction of sp³-hybridized carbons (Fsp3) is 0.375. The zero-order valence-electron chi connectivity index (χ0n) is 17.9. The molecule has 0 unspecified atom stereocenters. The van der Waals surface area contributed by atoms with Gasteiger partial charge in [-0.1, -0.05) is 74.9 Å². The molecule has 2 aromatic rings. The fourth-order valence-corrected chi connectivity index (χ4v) is 3.73. The second kappa shape index (κ2) is 10.1. The maximum absolute atomic E-state index is 13.2. The van der Waals surface area contributed by atoms with Crippen molar-refractivity contribution in [1.82, 2.24) is 10.2 Å². The zero-order chi connectivity index (χ0) is 22.4. The number of ether oxygens (including phenoxy) is 1. The highest BCUT2D eigenvalue weighted by Gasteiger charge is 2.37. The number of carbonyl (C=O) groups is 3. The van der Waals surface area contributed by atoms with Crippen molar-refractivity contribution in [3.05, 3.63) is 71.3 Å². The molecule has 0 aromatic heterocycles. The Morgan fingerprint density at radius 2 is 1.74 bits per heavy atom. The van der Waals surface area contributed by atoms with E-state index in [4.69, 9.17) is 10.5 Å². The van der Waals surface area contributed by atoms with E-state index < -0.39 is 30.0 Å². The molecule has 0 radical (unpaired) electrons. The van der Waals surface area contributed by atoms with E-state index in [1.54, 1.807) is 0 Å². The third-order valence-corrected chi connectivity index (χ3v) is 5.81. The van der Waals surface area contributed by atoms with Crippen LogP contribution in [-0.4, -0.2) is 34.9 Å². The molecule has 7 nitrogen and oxygen atoms in total. The SMILES string of the molecule is CC[C@@H](C)[C@@H](NC(=O)[C@@H]1Cc2ccccc2CN1C(=O)OCc1ccccc1)C(N)=O. The Hall–Kier alpha value is -3.35. The van der Waals surface area contributed by atoms with E-state index >= 15 is 0 Å². The van der Waals surface area contributed by atoms with Gasteiger partial charge in [0.15, 0.2) is 0 Å². The number of rotatable bonds is 7. The number of benzene rings is 2. The Morgan fingerprint density at radius 3 is 2.39 bits per heavy atom. The molecule has 1 heterocycles. The lowest BCUT2D eigenvalue weighted by Gasteiger charge is -2.36. The first-order valence-corrected chi connectivity index (χ1v) is 10.5. The number of fused-ring (bicyclic) bond motifs is 1. The summed E-state index contributed by atoms with van der Waals surface area (Å²) in [6, 6.07) is 15.5. The Bertz CT molecular complexity index is 931. The van der Waals surface area contributed by atoms with Crippen LogP contribution in [0.25, 0.3) is 0 Å². The summed E-state index contributed by atoms with van der Waals surface area (Å²) in [6.45, 7) is 4.16. The maximum Gasteiger partial charge on any atom is 0.411 e. The molecule has 3 atom stereocenters. The van der Waals surface area contributed by atoms with Gasteiger partial charge in [0, 0.05) is 6.42 Å². The predicted octanol–water partition coefficient (Wildman–Crippen LogP) is 2.77. The lowest BCUT2D eigenvalue weighted by molar-refractivity contribution is -0.132. The molecule has 0 saturated heterocycles. The first kappa shape index (κ1) is 22.3. The number of hydrogen-bond acceptors (Lipinski definition) is 4. The van der Waals surface area contributed by atoms with Gasteiger partial charge in [-0.15, -0.1) is 0 Å². The lowest BCUT2D eigenvalue weighted by atomic mass is 9.92. The standard InChI is InChI=1S/C24H29N3O4/c1-3-16(2)21(22(25)28)26-23(29)20-13-18-11-7-8-12-19(18)14-27(20)24(30)31-15-17-9-5-4-6-10-17/h4-12,16,20-21H,3,13-15H2,1-2H3,(H2,25,28)(H,26,29)/t16-,20+,21-/m1/s1. The van der Waals surface area contributed by atoms with Crippen molar-refractivity contribution in [1.29, 1.82) is 0 Å². The molecule has 0 fully saturated rings. The van der Waals surface area contributed by atoms with E-state index in [-0.39, 0.29) is 19.1 Å². The highest BCUT2D eigenvalue weighted by Crippen LogP contribution is 2.25. The first-order valence-electron chi connectivity index (χ1n) is 10.5. The smallest absolute Gasteiger partial charge is 0.411 e. The summed E-state index contributed by atoms with van der Waals surface area (Å²) in [4.78, 5) is 39.4. The van der Waals surface area contributed by atoms with Crippen LogP contribution in [0.1, 0.15) is 37.0 Å². The van der Waals surface area contributed by atoms with Gasteiger partial charge in [0.1, 0.15) is 18.7 Å². The van der Waals surface area contributed by atoms with Gasteiger partial charge >= 0.3 is 6.09 Å². The molecule has 0 aliphatic carbocycles. The van der Waals surface area contributed by atoms with Crippen molar-refractivity contribution in [3.8, 4) is 0 Å². The zero-order valence-corrected chi connectivity index (χ0v) is 17.9. The van der Waals surface area contributed by atoms with Crippen LogP contribution >= 0.6 is 0 Å². The van der Waals surface area contributed by atoms with Gasteiger partial charge in [-0.2, -0.15) is 0 Å². The molecule has 3 rings (SSSR count). The summed E-state index contributed by atoms with van der Waals surface area (Å²) in [5, 5.41) is 2.76. The van der Waals surface area contributed by atoms with Gasteiger partial charge in [0.25, 0.3) is 0 Å². The van der Waals surface area contributed by atoms with Crippen molar-refractivity contribution in [2.75, 3.05) is 0 Å². The number of hydrogen-bond donors (Lipinski definition) is 2. The second-order valence-electron chi connectivity index (χ2n) is 7.93. The average Bonchev–Trinajstić information content (AvgIpc) is 2.79. The van der Waals surface area contributed by atoms with E-state index in [0.717, 1.165) is 16.7 Å². The second-order valence-corrected chi connectivity index (χ2v) is 7.93. The topological polar surface area (TPSA) is 102 Å². The van der Waals surface area contributed by atoms with Gasteiger partial charge in [0.2, 0.25) is 11.8 Å². The number of nitrogens with two attached hydrogens (primary N) is 1. The van der Waals surface area contributed by atoms with E-state index in [1.807, 2.05) is 68.4 Å². The van der Waals surface area contributed by atoms with Crippen LogP contribution in [0.2, 0.25) is 0 Å². The van der Waals surface area contributed by atoms with Crippen LogP contribution in [0.3, 0.4) is 0 Å². The number of amides is 3. The van der Waals surface area contributed by atoms with Crippen molar-refractivity contribution in [3.63, 3.8) is 0 Å². The van der Waals surface area contributed by atoms with E-state index in [0.29, 0.717) is 12.8 Å². The summed E-state index contributed by atoms with van der Waals surface area (Å²) in [6.07, 6.45) is 0.455. The lowest BCUT2D eigenvalue weighted by Crippen LogP contribution is -2.57. The minimum Gasteiger partial charge on any atom is -0.445 e. The van der Waals surface area contributed by atoms with Crippen LogP contribution in [0.15, 0.2) is 54.6 Å². The molecule has 0 saturated carbocycles. The van der Waals surface area contributed by atoms with Crippen LogP contribution in [0.5, 0.6) is 0 Å². The van der Waals surface area contributed by atoms with E-state index in [1.165, 1.54) is 4.90 Å². The van der Waals surface area contributed by atoms with Gasteiger partial charge in [-0.25, -0.2) is 4.79 Å². The maximum atomic E-state index is 13.2. The molecule has 0 spiro atoms. The molecule has 3 amide bonds. The summed E-state index contributed by atoms with van der Waals surface area (Å²) >= 11 is 0. The van der Waals surface area contributed by atoms with Gasteiger partial charge in [-0.05, 0) is 22.6 Å². The number of primary amides is 1. The van der Waals surface area contributed by atoms with Crippen LogP contribution in [0, 0.1) is 5.92 Å². The number of nitrogens with zero attached hydrogens (tertiary/aromatic N) is 1. The summed E-state index contributed by atoms with van der Waals surface area (Å²) < 4.78 is 5.50. The molecule has 1 aliphatic rings. The third-order valence-electron chi connectivity index (χ3n) is 5.81. The quantitative estimate of drug-likeness (QED) is 0.715. The molecular formula is C24H29N3O4. The van der Waals surface area contributed by atoms with Gasteiger partial charge in [0.05, 0.1) is 6.54 Å². The van der Waals surface area contributed by atoms with E-state index in [9.17, 15) is 14.4 Å². The van der Waals surface area contributed by atoms with E-state index in [2.05, 4.69) is 5.32 Å². The molecule has 31 heavy (non-hydrogen) atoms. The minimum absolute atomic E-state index is 0.114. The van der Waals surface area contributed by atoms with Crippen molar-refractivity contribution in [2.24, 2.45) is 11.7 Å². The Labute approximate surface area is 182 Å². The molecular weight excluding hydrogens is 394 g/mol. The van der Waals surface area contributed by atoms with Gasteiger partial charge in [-0.3, -0.25) is 14.5 Å². The normalized spacial score (nSPS) is 17.2. The monoisotopic (exact) mass is 423 g/mol. The van der Waals surface area contributed by atoms with Crippen LogP contribution in [0.4, 0.5) is 4.79 Å². The number of nitrogens with one attached hydrogen (secondary N) is 1. The third kappa shape index (κ3) is 5.42. The Morgan fingerprint density at radius 1 is 1.10 bits per heavy atom. The predicted molar refractivity (Wildman–Crippen MR) is 117 cm³/mol. The Balaban J connectivity index is 1.79. The summed E-state index contributed by atoms with van der Waals surface area (Å²) in [5.74, 6) is -1.11. The van der Waals surface area contributed by atoms with Gasteiger partial charge < -0.3 is 15.8 Å². The molecule has 164 valence electrons. The molecule has 3 N–H and O–H groups in total. The van der Waals surface area contributed by atoms with Crippen molar-refractivity contribution >= 4 is 17.9 Å². The summed E-state index contributed by atoms with van der Waals surface area (Å²) in [7, 11) is 0. The summed E-state index contributed by atoms with van der Waals surface area (Å²) in [5.41, 5.74) is 8.34. The average molecular weight is 424 g/mol. The fourth-order valence-electron chi connectivity index (χ4n) is 3.73. The highest BCUT2D eigenvalue weighted by atomic mass is 16.6. The minimum atomic E-state index is -0.795. The Kier molecular flexibility index (Phi) is 7.28. The largest absolute Gasteiger partial charge is 0.445 e. The molecule has 2 aromatic carbocycles. The molecule has 1 aliphatic heterocycles. The van der Waals surface area contributed by atoms with Crippen LogP contribution in [-0.2, 0) is 33.9 Å². The highest BCUT2D eigenvalue weighted by molar-refractivity contribution is 5.91. The molecule has 7 heteroatoms. The van der Waals surface area contributed by atoms with Crippen molar-refractivity contribution < 1.29 is 19.1 Å². The van der Waals surface area contributed by atoms with Crippen LogP contribution < -0.4 is 11.1 Å². The first-order chi connectivity index (χ1) is 14.9. The molecule has 0 bridgehead atoms. The van der Waals surface area contributed by atoms with Crippen molar-refractivity contribution in [2.45, 2.75) is 51.9 Å².